The number of hydrogen-bond donors (Lipinski definition) is 0. The first-order valence-electron chi connectivity index (χ1n) is 7.83. The normalized spacial score (nSPS) is 17.2. The number of carbonyl (C=O) groups is 1. The van der Waals surface area contributed by atoms with Crippen LogP contribution in [0.15, 0.2) is 29.2 Å². The van der Waals surface area contributed by atoms with Gasteiger partial charge in [-0.15, -0.1) is 0 Å². The van der Waals surface area contributed by atoms with Crippen molar-refractivity contribution in [3.63, 3.8) is 0 Å². The maximum absolute atomic E-state index is 14.3. The molecule has 1 aromatic heterocycles. The number of halogens is 2. The van der Waals surface area contributed by atoms with Crippen molar-refractivity contribution in [3.8, 4) is 5.75 Å². The SMILES string of the molecule is COc1cc(F)c(C2CC(=O)N(c3c(C)ccn(C)c3=O)C2)c(F)c1. The average molecular weight is 348 g/mol. The Morgan fingerprint density at radius 3 is 2.44 bits per heavy atom. The van der Waals surface area contributed by atoms with E-state index in [1.54, 1.807) is 26.2 Å². The predicted molar refractivity (Wildman–Crippen MR) is 89.0 cm³/mol. The lowest BCUT2D eigenvalue weighted by atomic mass is 9.97. The number of aryl methyl sites for hydroxylation is 2. The Morgan fingerprint density at radius 1 is 1.20 bits per heavy atom. The molecule has 1 amide bonds. The zero-order chi connectivity index (χ0) is 18.3. The Bertz CT molecular complexity index is 885. The second kappa shape index (κ2) is 6.31. The number of ether oxygens (including phenoxy) is 1. The molecule has 1 atom stereocenters. The van der Waals surface area contributed by atoms with Gasteiger partial charge in [0.25, 0.3) is 5.56 Å². The molecular formula is C18H18F2N2O3. The third kappa shape index (κ3) is 2.90. The lowest BCUT2D eigenvalue weighted by Crippen LogP contribution is -2.33. The van der Waals surface area contributed by atoms with Gasteiger partial charge in [-0.05, 0) is 18.6 Å². The summed E-state index contributed by atoms with van der Waals surface area (Å²) in [5, 5.41) is 0. The highest BCUT2D eigenvalue weighted by molar-refractivity contribution is 5.97. The smallest absolute Gasteiger partial charge is 0.274 e. The van der Waals surface area contributed by atoms with E-state index in [1.807, 2.05) is 0 Å². The van der Waals surface area contributed by atoms with Crippen LogP contribution < -0.4 is 15.2 Å². The van der Waals surface area contributed by atoms with E-state index in [9.17, 15) is 18.4 Å². The first-order chi connectivity index (χ1) is 11.8. The number of anilines is 1. The van der Waals surface area contributed by atoms with E-state index in [-0.39, 0.29) is 41.4 Å². The molecule has 0 radical (unpaired) electrons. The molecule has 1 unspecified atom stereocenters. The molecule has 0 bridgehead atoms. The van der Waals surface area contributed by atoms with E-state index in [4.69, 9.17) is 4.74 Å². The monoisotopic (exact) mass is 348 g/mol. The maximum Gasteiger partial charge on any atom is 0.274 e. The first-order valence-corrected chi connectivity index (χ1v) is 7.83. The number of pyridine rings is 1. The van der Waals surface area contributed by atoms with Crippen molar-refractivity contribution in [3.05, 3.63) is 57.5 Å². The molecule has 5 nitrogen and oxygen atoms in total. The van der Waals surface area contributed by atoms with Crippen LogP contribution in [-0.2, 0) is 11.8 Å². The van der Waals surface area contributed by atoms with Gasteiger partial charge in [-0.2, -0.15) is 0 Å². The molecule has 7 heteroatoms. The van der Waals surface area contributed by atoms with E-state index in [0.717, 1.165) is 12.1 Å². The van der Waals surface area contributed by atoms with Crippen LogP contribution in [0.3, 0.4) is 0 Å². The van der Waals surface area contributed by atoms with Gasteiger partial charge >= 0.3 is 0 Å². The topological polar surface area (TPSA) is 51.5 Å². The van der Waals surface area contributed by atoms with Crippen LogP contribution in [0.4, 0.5) is 14.5 Å². The van der Waals surface area contributed by atoms with E-state index in [1.165, 1.54) is 16.6 Å². The Hall–Kier alpha value is -2.70. The van der Waals surface area contributed by atoms with Gasteiger partial charge in [0.2, 0.25) is 5.91 Å². The fraction of sp³-hybridized carbons (Fsp3) is 0.333. The number of amides is 1. The van der Waals surface area contributed by atoms with Gasteiger partial charge in [-0.25, -0.2) is 8.78 Å². The first kappa shape index (κ1) is 17.1. The van der Waals surface area contributed by atoms with Crippen LogP contribution in [0.2, 0.25) is 0 Å². The third-order valence-corrected chi connectivity index (χ3v) is 4.54. The summed E-state index contributed by atoms with van der Waals surface area (Å²) in [6.45, 7) is 1.78. The minimum Gasteiger partial charge on any atom is -0.497 e. The highest BCUT2D eigenvalue weighted by Gasteiger charge is 2.36. The van der Waals surface area contributed by atoms with Gasteiger partial charge in [0, 0.05) is 49.8 Å². The number of rotatable bonds is 3. The van der Waals surface area contributed by atoms with Crippen molar-refractivity contribution in [1.82, 2.24) is 4.57 Å². The molecule has 3 rings (SSSR count). The molecule has 0 spiro atoms. The molecule has 132 valence electrons. The average Bonchev–Trinajstić information content (AvgIpc) is 2.92. The molecule has 1 aromatic carbocycles. The summed E-state index contributed by atoms with van der Waals surface area (Å²) in [4.78, 5) is 26.1. The quantitative estimate of drug-likeness (QED) is 0.856. The van der Waals surface area contributed by atoms with Crippen molar-refractivity contribution in [2.75, 3.05) is 18.6 Å². The van der Waals surface area contributed by atoms with Gasteiger partial charge in [-0.1, -0.05) is 0 Å². The molecule has 0 N–H and O–H groups in total. The van der Waals surface area contributed by atoms with Crippen molar-refractivity contribution in [1.29, 1.82) is 0 Å². The van der Waals surface area contributed by atoms with Crippen molar-refractivity contribution in [2.24, 2.45) is 7.05 Å². The molecule has 2 aromatic rings. The largest absolute Gasteiger partial charge is 0.497 e. The van der Waals surface area contributed by atoms with Crippen molar-refractivity contribution in [2.45, 2.75) is 19.3 Å². The molecule has 1 saturated heterocycles. The molecule has 1 aliphatic heterocycles. The summed E-state index contributed by atoms with van der Waals surface area (Å²) in [6.07, 6.45) is 1.56. The standard InChI is InChI=1S/C18H18F2N2O3/c1-10-4-5-21(2)18(24)17(10)22-9-11(6-15(22)23)16-13(19)7-12(25-3)8-14(16)20/h4-5,7-8,11H,6,9H2,1-3H3. The molecule has 2 heterocycles. The van der Waals surface area contributed by atoms with E-state index < -0.39 is 17.6 Å². The molecular weight excluding hydrogens is 330 g/mol. The Balaban J connectivity index is 2.00. The van der Waals surface area contributed by atoms with Crippen LogP contribution in [0.5, 0.6) is 5.75 Å². The number of carbonyl (C=O) groups excluding carboxylic acids is 1. The second-order valence-corrected chi connectivity index (χ2v) is 6.17. The number of nitrogens with zero attached hydrogens (tertiary/aromatic N) is 2. The number of benzene rings is 1. The van der Waals surface area contributed by atoms with Crippen LogP contribution in [0, 0.1) is 18.6 Å². The van der Waals surface area contributed by atoms with Crippen LogP contribution in [-0.4, -0.2) is 24.1 Å². The zero-order valence-corrected chi connectivity index (χ0v) is 14.2. The summed E-state index contributed by atoms with van der Waals surface area (Å²) in [5.74, 6) is -2.43. The highest BCUT2D eigenvalue weighted by atomic mass is 19.1. The van der Waals surface area contributed by atoms with Crippen LogP contribution >= 0.6 is 0 Å². The van der Waals surface area contributed by atoms with E-state index in [0.29, 0.717) is 5.56 Å². The van der Waals surface area contributed by atoms with Gasteiger partial charge in [0.15, 0.2) is 0 Å². The number of hydrogen-bond acceptors (Lipinski definition) is 3. The summed E-state index contributed by atoms with van der Waals surface area (Å²) in [5.41, 5.74) is 0.436. The Kier molecular flexibility index (Phi) is 4.32. The summed E-state index contributed by atoms with van der Waals surface area (Å²) < 4.78 is 34.8. The van der Waals surface area contributed by atoms with Crippen molar-refractivity contribution >= 4 is 11.6 Å². The second-order valence-electron chi connectivity index (χ2n) is 6.17. The molecule has 1 aliphatic rings. The maximum atomic E-state index is 14.3. The highest BCUT2D eigenvalue weighted by Crippen LogP contribution is 2.35. The number of aromatic nitrogens is 1. The Labute approximate surface area is 143 Å². The van der Waals surface area contributed by atoms with E-state index >= 15 is 0 Å². The summed E-state index contributed by atoms with van der Waals surface area (Å²) in [6, 6.07) is 3.92. The molecule has 25 heavy (non-hydrogen) atoms. The fourth-order valence-electron chi connectivity index (χ4n) is 3.22. The van der Waals surface area contributed by atoms with Gasteiger partial charge in [-0.3, -0.25) is 9.59 Å². The van der Waals surface area contributed by atoms with Gasteiger partial charge < -0.3 is 14.2 Å². The number of methoxy groups -OCH3 is 1. The molecule has 0 aliphatic carbocycles. The summed E-state index contributed by atoms with van der Waals surface area (Å²) >= 11 is 0. The van der Waals surface area contributed by atoms with Crippen molar-refractivity contribution < 1.29 is 18.3 Å². The lowest BCUT2D eigenvalue weighted by Gasteiger charge is -2.19. The van der Waals surface area contributed by atoms with Gasteiger partial charge in [0.1, 0.15) is 23.1 Å². The van der Waals surface area contributed by atoms with Crippen LogP contribution in [0.1, 0.15) is 23.5 Å². The zero-order valence-electron chi connectivity index (χ0n) is 14.2. The lowest BCUT2D eigenvalue weighted by molar-refractivity contribution is -0.117. The van der Waals surface area contributed by atoms with Gasteiger partial charge in [0.05, 0.1) is 7.11 Å². The van der Waals surface area contributed by atoms with E-state index in [2.05, 4.69) is 0 Å². The fourth-order valence-corrected chi connectivity index (χ4v) is 3.22. The minimum atomic E-state index is -0.755. The summed E-state index contributed by atoms with van der Waals surface area (Å²) in [7, 11) is 2.91. The molecule has 1 fully saturated rings. The third-order valence-electron chi connectivity index (χ3n) is 4.54. The predicted octanol–water partition coefficient (Wildman–Crippen LogP) is 2.50. The van der Waals surface area contributed by atoms with Crippen LogP contribution in [0.25, 0.3) is 0 Å². The Morgan fingerprint density at radius 2 is 1.84 bits per heavy atom. The molecule has 0 saturated carbocycles. The minimum absolute atomic E-state index is 0.0547.